The first-order chi connectivity index (χ1) is 10.9. The number of nitrogens with one attached hydrogen (secondary N) is 1. The summed E-state index contributed by atoms with van der Waals surface area (Å²) in [5.41, 5.74) is 5.74. The number of benzene rings is 1. The number of carbonyl (C=O) groups is 3. The maximum absolute atomic E-state index is 11.7. The molecule has 23 heavy (non-hydrogen) atoms. The lowest BCUT2D eigenvalue weighted by Crippen LogP contribution is -2.40. The zero-order valence-corrected chi connectivity index (χ0v) is 12.8. The second-order valence-corrected chi connectivity index (χ2v) is 4.74. The highest BCUT2D eigenvalue weighted by Gasteiger charge is 2.19. The van der Waals surface area contributed by atoms with E-state index in [4.69, 9.17) is 15.6 Å². The van der Waals surface area contributed by atoms with Crippen molar-refractivity contribution < 1.29 is 24.2 Å². The smallest absolute Gasteiger partial charge is 0.326 e. The van der Waals surface area contributed by atoms with E-state index in [1.165, 1.54) is 6.08 Å². The molecule has 0 aliphatic heterocycles. The van der Waals surface area contributed by atoms with Gasteiger partial charge in [-0.05, 0) is 37.1 Å². The van der Waals surface area contributed by atoms with Crippen LogP contribution in [0.3, 0.4) is 0 Å². The van der Waals surface area contributed by atoms with Gasteiger partial charge in [-0.3, -0.25) is 9.59 Å². The second kappa shape index (κ2) is 9.24. The number of carboxylic acids is 1. The Labute approximate surface area is 134 Å². The zero-order chi connectivity index (χ0) is 17.2. The summed E-state index contributed by atoms with van der Waals surface area (Å²) in [6.45, 7) is 2.45. The summed E-state index contributed by atoms with van der Waals surface area (Å²) in [5.74, 6) is -1.66. The molecular formula is C16H20N2O5. The van der Waals surface area contributed by atoms with E-state index in [1.807, 2.05) is 6.92 Å². The van der Waals surface area contributed by atoms with Crippen LogP contribution < -0.4 is 15.8 Å². The second-order valence-electron chi connectivity index (χ2n) is 4.74. The fourth-order valence-corrected chi connectivity index (χ4v) is 1.78. The lowest BCUT2D eigenvalue weighted by molar-refractivity contribution is -0.141. The largest absolute Gasteiger partial charge is 0.494 e. The zero-order valence-electron chi connectivity index (χ0n) is 12.8. The fourth-order valence-electron chi connectivity index (χ4n) is 1.78. The maximum Gasteiger partial charge on any atom is 0.326 e. The Morgan fingerprint density at radius 3 is 2.48 bits per heavy atom. The quantitative estimate of drug-likeness (QED) is 0.585. The Morgan fingerprint density at radius 1 is 1.30 bits per heavy atom. The lowest BCUT2D eigenvalue weighted by atomic mass is 10.1. The number of ether oxygens (including phenoxy) is 1. The van der Waals surface area contributed by atoms with Crippen LogP contribution in [0.25, 0.3) is 6.08 Å². The van der Waals surface area contributed by atoms with Gasteiger partial charge in [0.1, 0.15) is 11.8 Å². The Bertz CT molecular complexity index is 581. The normalized spacial score (nSPS) is 11.9. The molecule has 0 saturated heterocycles. The standard InChI is InChI=1S/C16H20N2O5/c1-2-23-12-6-3-11(4-7-12)5-10-15(20)18-13(16(21)22)8-9-14(17)19/h3-7,10,13H,2,8-9H2,1H3,(H2,17,19)(H,18,20)(H,21,22)/b10-5+. The van der Waals surface area contributed by atoms with E-state index < -0.39 is 23.8 Å². The van der Waals surface area contributed by atoms with Gasteiger partial charge in [0, 0.05) is 12.5 Å². The third-order valence-electron chi connectivity index (χ3n) is 2.91. The van der Waals surface area contributed by atoms with E-state index in [1.54, 1.807) is 30.3 Å². The van der Waals surface area contributed by atoms with Crippen molar-refractivity contribution >= 4 is 23.9 Å². The van der Waals surface area contributed by atoms with Gasteiger partial charge in [0.05, 0.1) is 6.61 Å². The van der Waals surface area contributed by atoms with E-state index in [2.05, 4.69) is 5.32 Å². The topological polar surface area (TPSA) is 119 Å². The molecule has 0 aliphatic carbocycles. The molecule has 2 amide bonds. The van der Waals surface area contributed by atoms with Gasteiger partial charge >= 0.3 is 5.97 Å². The van der Waals surface area contributed by atoms with Gasteiger partial charge in [-0.1, -0.05) is 12.1 Å². The van der Waals surface area contributed by atoms with E-state index in [0.29, 0.717) is 6.61 Å². The molecule has 7 heteroatoms. The van der Waals surface area contributed by atoms with Crippen molar-refractivity contribution in [3.8, 4) is 5.75 Å². The Morgan fingerprint density at radius 2 is 1.96 bits per heavy atom. The number of primary amides is 1. The average molecular weight is 320 g/mol. The summed E-state index contributed by atoms with van der Waals surface area (Å²) in [4.78, 5) is 33.4. The van der Waals surface area contributed by atoms with Crippen LogP contribution in [0.4, 0.5) is 0 Å². The van der Waals surface area contributed by atoms with Crippen LogP contribution in [0.2, 0.25) is 0 Å². The molecule has 7 nitrogen and oxygen atoms in total. The van der Waals surface area contributed by atoms with E-state index in [9.17, 15) is 14.4 Å². The van der Waals surface area contributed by atoms with Gasteiger partial charge in [-0.2, -0.15) is 0 Å². The third-order valence-corrected chi connectivity index (χ3v) is 2.91. The highest BCUT2D eigenvalue weighted by atomic mass is 16.5. The van der Waals surface area contributed by atoms with Gasteiger partial charge in [0.25, 0.3) is 0 Å². The molecule has 0 fully saturated rings. The molecule has 1 aromatic carbocycles. The van der Waals surface area contributed by atoms with Crippen molar-refractivity contribution in [3.63, 3.8) is 0 Å². The number of hydrogen-bond donors (Lipinski definition) is 3. The van der Waals surface area contributed by atoms with E-state index in [0.717, 1.165) is 11.3 Å². The minimum atomic E-state index is -1.21. The summed E-state index contributed by atoms with van der Waals surface area (Å²) >= 11 is 0. The van der Waals surface area contributed by atoms with Crippen LogP contribution in [-0.4, -0.2) is 35.5 Å². The molecule has 1 rings (SSSR count). The van der Waals surface area contributed by atoms with Crippen molar-refractivity contribution in [2.75, 3.05) is 6.61 Å². The van der Waals surface area contributed by atoms with Crippen LogP contribution in [0.15, 0.2) is 30.3 Å². The van der Waals surface area contributed by atoms with Gasteiger partial charge < -0.3 is 20.9 Å². The van der Waals surface area contributed by atoms with Gasteiger partial charge in [-0.25, -0.2) is 4.79 Å². The van der Waals surface area contributed by atoms with Gasteiger partial charge in [-0.15, -0.1) is 0 Å². The Hall–Kier alpha value is -2.83. The number of amides is 2. The number of hydrogen-bond acceptors (Lipinski definition) is 4. The molecule has 0 bridgehead atoms. The molecule has 0 heterocycles. The first-order valence-electron chi connectivity index (χ1n) is 7.15. The van der Waals surface area contributed by atoms with E-state index in [-0.39, 0.29) is 12.8 Å². The maximum atomic E-state index is 11.7. The van der Waals surface area contributed by atoms with E-state index >= 15 is 0 Å². The molecule has 1 atom stereocenters. The van der Waals surface area contributed by atoms with Gasteiger partial charge in [0.15, 0.2) is 0 Å². The summed E-state index contributed by atoms with van der Waals surface area (Å²) < 4.78 is 5.31. The number of nitrogens with two attached hydrogens (primary N) is 1. The molecule has 124 valence electrons. The Balaban J connectivity index is 2.59. The summed E-state index contributed by atoms with van der Waals surface area (Å²) in [5, 5.41) is 11.3. The molecule has 0 aliphatic rings. The molecule has 1 unspecified atom stereocenters. The molecular weight excluding hydrogens is 300 g/mol. The number of carboxylic acid groups (broad SMARTS) is 1. The Kier molecular flexibility index (Phi) is 7.32. The SMILES string of the molecule is CCOc1ccc(/C=C/C(=O)NC(CCC(N)=O)C(=O)O)cc1. The van der Waals surface area contributed by atoms with Crippen LogP contribution in [0.1, 0.15) is 25.3 Å². The van der Waals surface area contributed by atoms with Crippen molar-refractivity contribution in [2.24, 2.45) is 5.73 Å². The first kappa shape index (κ1) is 18.2. The fraction of sp³-hybridized carbons (Fsp3) is 0.312. The summed E-state index contributed by atoms with van der Waals surface area (Å²) in [7, 11) is 0. The predicted molar refractivity (Wildman–Crippen MR) is 84.6 cm³/mol. The molecule has 0 aromatic heterocycles. The molecule has 0 radical (unpaired) electrons. The molecule has 1 aromatic rings. The number of aliphatic carboxylic acids is 1. The van der Waals surface area contributed by atoms with Crippen molar-refractivity contribution in [1.82, 2.24) is 5.32 Å². The molecule has 4 N–H and O–H groups in total. The monoisotopic (exact) mass is 320 g/mol. The van der Waals surface area contributed by atoms with Crippen LogP contribution in [0.5, 0.6) is 5.75 Å². The summed E-state index contributed by atoms with van der Waals surface area (Å²) in [6, 6.07) is 5.94. The van der Waals surface area contributed by atoms with Crippen molar-refractivity contribution in [2.45, 2.75) is 25.8 Å². The minimum absolute atomic E-state index is 0.0483. The van der Waals surface area contributed by atoms with Crippen LogP contribution >= 0.6 is 0 Å². The van der Waals surface area contributed by atoms with Crippen LogP contribution in [0, 0.1) is 0 Å². The van der Waals surface area contributed by atoms with Crippen LogP contribution in [-0.2, 0) is 14.4 Å². The molecule has 0 saturated carbocycles. The summed E-state index contributed by atoms with van der Waals surface area (Å²) in [6.07, 6.45) is 2.63. The predicted octanol–water partition coefficient (Wildman–Crippen LogP) is 0.933. The van der Waals surface area contributed by atoms with Crippen molar-refractivity contribution in [1.29, 1.82) is 0 Å². The minimum Gasteiger partial charge on any atom is -0.494 e. The average Bonchev–Trinajstić information content (AvgIpc) is 2.50. The number of carbonyl (C=O) groups excluding carboxylic acids is 2. The molecule has 0 spiro atoms. The highest BCUT2D eigenvalue weighted by Crippen LogP contribution is 2.13. The van der Waals surface area contributed by atoms with Crippen molar-refractivity contribution in [3.05, 3.63) is 35.9 Å². The number of rotatable bonds is 9. The lowest BCUT2D eigenvalue weighted by Gasteiger charge is -2.11. The first-order valence-corrected chi connectivity index (χ1v) is 7.15. The van der Waals surface area contributed by atoms with Gasteiger partial charge in [0.2, 0.25) is 11.8 Å². The highest BCUT2D eigenvalue weighted by molar-refractivity contribution is 5.94. The third kappa shape index (κ3) is 7.12.